The van der Waals surface area contributed by atoms with Crippen LogP contribution in [-0.2, 0) is 17.5 Å². The smallest absolute Gasteiger partial charge is 0.323 e. The Morgan fingerprint density at radius 2 is 2.04 bits per heavy atom. The standard InChI is InChI=1S/C17H19F3N2O2/c1-11-5-2-3-8-16(11)14(23)22(15(24)21-16)10-12-6-4-7-13(9-12)17(18,19)20/h4,6-7,9,11H,2-3,5,8,10H2,1H3,(H,21,24). The Kier molecular flexibility index (Phi) is 4.05. The van der Waals surface area contributed by atoms with E-state index < -0.39 is 23.3 Å². The lowest BCUT2D eigenvalue weighted by molar-refractivity contribution is -0.137. The largest absolute Gasteiger partial charge is 0.416 e. The molecule has 2 fully saturated rings. The van der Waals surface area contributed by atoms with Gasteiger partial charge in [-0.3, -0.25) is 9.69 Å². The van der Waals surface area contributed by atoms with E-state index in [1.807, 2.05) is 6.92 Å². The summed E-state index contributed by atoms with van der Waals surface area (Å²) in [5.41, 5.74) is -1.39. The van der Waals surface area contributed by atoms with Crippen LogP contribution < -0.4 is 5.32 Å². The summed E-state index contributed by atoms with van der Waals surface area (Å²) in [6.45, 7) is 1.79. The molecule has 1 saturated heterocycles. The molecule has 1 aliphatic heterocycles. The lowest BCUT2D eigenvalue weighted by atomic mass is 9.73. The summed E-state index contributed by atoms with van der Waals surface area (Å²) < 4.78 is 38.4. The first kappa shape index (κ1) is 16.8. The molecule has 0 radical (unpaired) electrons. The van der Waals surface area contributed by atoms with Crippen molar-refractivity contribution in [1.29, 1.82) is 0 Å². The summed E-state index contributed by atoms with van der Waals surface area (Å²) in [7, 11) is 0. The monoisotopic (exact) mass is 340 g/mol. The van der Waals surface area contributed by atoms with Crippen LogP contribution in [0.1, 0.15) is 43.7 Å². The van der Waals surface area contributed by atoms with Gasteiger partial charge in [-0.1, -0.05) is 31.9 Å². The Morgan fingerprint density at radius 3 is 2.71 bits per heavy atom. The predicted molar refractivity (Wildman–Crippen MR) is 80.9 cm³/mol. The first-order valence-electron chi connectivity index (χ1n) is 8.04. The summed E-state index contributed by atoms with van der Waals surface area (Å²) in [4.78, 5) is 26.1. The fourth-order valence-electron chi connectivity index (χ4n) is 3.67. The molecular formula is C17H19F3N2O2. The van der Waals surface area contributed by atoms with E-state index in [0.717, 1.165) is 36.3 Å². The van der Waals surface area contributed by atoms with E-state index in [1.54, 1.807) is 0 Å². The molecule has 1 N–H and O–H groups in total. The maximum atomic E-state index is 12.8. The van der Waals surface area contributed by atoms with E-state index in [0.29, 0.717) is 6.42 Å². The second-order valence-corrected chi connectivity index (χ2v) is 6.64. The highest BCUT2D eigenvalue weighted by atomic mass is 19.4. The summed E-state index contributed by atoms with van der Waals surface area (Å²) in [6.07, 6.45) is -1.15. The number of imide groups is 1. The molecule has 7 heteroatoms. The van der Waals surface area contributed by atoms with E-state index in [-0.39, 0.29) is 23.9 Å². The zero-order chi connectivity index (χ0) is 17.5. The topological polar surface area (TPSA) is 49.4 Å². The van der Waals surface area contributed by atoms with Crippen molar-refractivity contribution in [2.45, 2.75) is 50.9 Å². The maximum Gasteiger partial charge on any atom is 0.416 e. The molecule has 1 aromatic rings. The van der Waals surface area contributed by atoms with Gasteiger partial charge in [0.25, 0.3) is 5.91 Å². The zero-order valence-corrected chi connectivity index (χ0v) is 13.3. The molecule has 0 aromatic heterocycles. The number of hydrogen-bond donors (Lipinski definition) is 1. The van der Waals surface area contributed by atoms with Gasteiger partial charge in [-0.25, -0.2) is 4.79 Å². The van der Waals surface area contributed by atoms with Gasteiger partial charge < -0.3 is 5.32 Å². The van der Waals surface area contributed by atoms with Crippen LogP contribution >= 0.6 is 0 Å². The second-order valence-electron chi connectivity index (χ2n) is 6.64. The number of halogens is 3. The van der Waals surface area contributed by atoms with E-state index in [2.05, 4.69) is 5.32 Å². The number of rotatable bonds is 2. The molecule has 2 atom stereocenters. The van der Waals surface area contributed by atoms with Crippen LogP contribution in [0, 0.1) is 5.92 Å². The average Bonchev–Trinajstić information content (AvgIpc) is 2.75. The number of hydrogen-bond acceptors (Lipinski definition) is 2. The summed E-state index contributed by atoms with van der Waals surface area (Å²) in [6, 6.07) is 4.21. The average molecular weight is 340 g/mol. The van der Waals surface area contributed by atoms with Gasteiger partial charge >= 0.3 is 12.2 Å². The van der Waals surface area contributed by atoms with Crippen LogP contribution in [0.4, 0.5) is 18.0 Å². The molecule has 24 heavy (non-hydrogen) atoms. The van der Waals surface area contributed by atoms with Crippen LogP contribution in [0.5, 0.6) is 0 Å². The molecule has 1 spiro atoms. The van der Waals surface area contributed by atoms with Gasteiger partial charge in [-0.2, -0.15) is 13.2 Å². The normalized spacial score (nSPS) is 27.7. The number of nitrogens with zero attached hydrogens (tertiary/aromatic N) is 1. The molecule has 1 aliphatic carbocycles. The Bertz CT molecular complexity index is 674. The van der Waals surface area contributed by atoms with Crippen LogP contribution in [0.2, 0.25) is 0 Å². The number of urea groups is 1. The zero-order valence-electron chi connectivity index (χ0n) is 13.3. The SMILES string of the molecule is CC1CCCCC12NC(=O)N(Cc1cccc(C(F)(F)F)c1)C2=O. The first-order chi connectivity index (χ1) is 11.2. The second kappa shape index (κ2) is 5.79. The van der Waals surface area contributed by atoms with Crippen molar-refractivity contribution in [3.8, 4) is 0 Å². The van der Waals surface area contributed by atoms with Gasteiger partial charge in [0.05, 0.1) is 12.1 Å². The summed E-state index contributed by atoms with van der Waals surface area (Å²) >= 11 is 0. The van der Waals surface area contributed by atoms with Gasteiger partial charge in [0.15, 0.2) is 0 Å². The van der Waals surface area contributed by atoms with Crippen molar-refractivity contribution in [2.24, 2.45) is 5.92 Å². The van der Waals surface area contributed by atoms with Crippen molar-refractivity contribution in [2.75, 3.05) is 0 Å². The number of carbonyl (C=O) groups excluding carboxylic acids is 2. The van der Waals surface area contributed by atoms with Gasteiger partial charge in [0.2, 0.25) is 0 Å². The highest BCUT2D eigenvalue weighted by molar-refractivity contribution is 6.07. The Balaban J connectivity index is 1.83. The van der Waals surface area contributed by atoms with Crippen LogP contribution in [0.3, 0.4) is 0 Å². The van der Waals surface area contributed by atoms with Gasteiger partial charge in [0, 0.05) is 0 Å². The molecule has 3 rings (SSSR count). The molecule has 1 aromatic carbocycles. The fraction of sp³-hybridized carbons (Fsp3) is 0.529. The molecule has 130 valence electrons. The lowest BCUT2D eigenvalue weighted by Gasteiger charge is -2.36. The highest BCUT2D eigenvalue weighted by Gasteiger charge is 2.54. The Labute approximate surface area is 138 Å². The Morgan fingerprint density at radius 1 is 1.29 bits per heavy atom. The molecule has 2 aliphatic rings. The van der Waals surface area contributed by atoms with Gasteiger partial charge in [0.1, 0.15) is 5.54 Å². The third-order valence-corrected chi connectivity index (χ3v) is 5.10. The van der Waals surface area contributed by atoms with Gasteiger partial charge in [-0.05, 0) is 36.5 Å². The van der Waals surface area contributed by atoms with Gasteiger partial charge in [-0.15, -0.1) is 0 Å². The minimum Gasteiger partial charge on any atom is -0.323 e. The number of alkyl halides is 3. The van der Waals surface area contributed by atoms with Crippen LogP contribution in [0.25, 0.3) is 0 Å². The quantitative estimate of drug-likeness (QED) is 0.835. The van der Waals surface area contributed by atoms with Crippen molar-refractivity contribution < 1.29 is 22.8 Å². The molecule has 0 bridgehead atoms. The first-order valence-corrected chi connectivity index (χ1v) is 8.04. The number of nitrogens with one attached hydrogen (secondary N) is 1. The fourth-order valence-corrected chi connectivity index (χ4v) is 3.67. The number of carbonyl (C=O) groups is 2. The highest BCUT2D eigenvalue weighted by Crippen LogP contribution is 2.38. The van der Waals surface area contributed by atoms with Crippen molar-refractivity contribution in [3.63, 3.8) is 0 Å². The molecule has 1 saturated carbocycles. The van der Waals surface area contributed by atoms with Crippen molar-refractivity contribution in [1.82, 2.24) is 10.2 Å². The van der Waals surface area contributed by atoms with E-state index >= 15 is 0 Å². The molecule has 1 heterocycles. The molecular weight excluding hydrogens is 321 g/mol. The minimum absolute atomic E-state index is 0.0224. The molecule has 2 unspecified atom stereocenters. The molecule has 3 amide bonds. The number of amides is 3. The lowest BCUT2D eigenvalue weighted by Crippen LogP contribution is -2.53. The van der Waals surface area contributed by atoms with E-state index in [4.69, 9.17) is 0 Å². The summed E-state index contributed by atoms with van der Waals surface area (Å²) in [5.74, 6) is -0.300. The van der Waals surface area contributed by atoms with Crippen LogP contribution in [0.15, 0.2) is 24.3 Å². The van der Waals surface area contributed by atoms with Crippen LogP contribution in [-0.4, -0.2) is 22.4 Å². The maximum absolute atomic E-state index is 12.8. The third kappa shape index (κ3) is 2.76. The number of benzene rings is 1. The van der Waals surface area contributed by atoms with E-state index in [9.17, 15) is 22.8 Å². The van der Waals surface area contributed by atoms with Crippen molar-refractivity contribution in [3.05, 3.63) is 35.4 Å². The summed E-state index contributed by atoms with van der Waals surface area (Å²) in [5, 5.41) is 2.80. The molecule has 4 nitrogen and oxygen atoms in total. The predicted octanol–water partition coefficient (Wildman–Crippen LogP) is 3.71. The Hall–Kier alpha value is -2.05. The minimum atomic E-state index is -4.45. The van der Waals surface area contributed by atoms with E-state index in [1.165, 1.54) is 12.1 Å². The van der Waals surface area contributed by atoms with Crippen molar-refractivity contribution >= 4 is 11.9 Å². The third-order valence-electron chi connectivity index (χ3n) is 5.10.